The lowest BCUT2D eigenvalue weighted by molar-refractivity contribution is 0.0734. The molecule has 0 amide bonds. The molecule has 0 bridgehead atoms. The zero-order valence-corrected chi connectivity index (χ0v) is 16.7. The second kappa shape index (κ2) is 8.29. The molecule has 3 fully saturated rings. The highest BCUT2D eigenvalue weighted by atomic mass is 16.6. The fourth-order valence-electron chi connectivity index (χ4n) is 4.51. The molecule has 2 unspecified atom stereocenters. The van der Waals surface area contributed by atoms with Gasteiger partial charge in [0.2, 0.25) is 0 Å². The Balaban J connectivity index is 1.13. The number of carbonyl (C=O) groups is 1. The number of epoxide rings is 2. The van der Waals surface area contributed by atoms with E-state index in [-0.39, 0.29) is 5.97 Å². The van der Waals surface area contributed by atoms with Crippen molar-refractivity contribution in [3.8, 4) is 5.75 Å². The topological polar surface area (TPSA) is 51.4 Å². The van der Waals surface area contributed by atoms with Gasteiger partial charge in [-0.15, -0.1) is 0 Å². The molecule has 3 aliphatic rings. The summed E-state index contributed by atoms with van der Waals surface area (Å²) in [5.74, 6) is 1.75. The van der Waals surface area contributed by atoms with E-state index in [1.165, 1.54) is 43.2 Å². The van der Waals surface area contributed by atoms with Crippen molar-refractivity contribution in [2.45, 2.75) is 56.7 Å². The van der Waals surface area contributed by atoms with Gasteiger partial charge in [-0.1, -0.05) is 24.3 Å². The number of benzene rings is 2. The molecule has 0 spiro atoms. The number of rotatable bonds is 7. The van der Waals surface area contributed by atoms with E-state index in [4.69, 9.17) is 14.2 Å². The molecule has 29 heavy (non-hydrogen) atoms. The Morgan fingerprint density at radius 1 is 0.862 bits per heavy atom. The van der Waals surface area contributed by atoms with Gasteiger partial charge in [0.1, 0.15) is 5.75 Å². The highest BCUT2D eigenvalue weighted by Crippen LogP contribution is 2.39. The molecule has 2 aromatic carbocycles. The van der Waals surface area contributed by atoms with Crippen LogP contribution in [0.2, 0.25) is 0 Å². The first-order valence-corrected chi connectivity index (χ1v) is 10.9. The molecule has 0 aromatic heterocycles. The lowest BCUT2D eigenvalue weighted by Crippen LogP contribution is -2.15. The Hall–Kier alpha value is -2.17. The summed E-state index contributed by atoms with van der Waals surface area (Å²) in [5.41, 5.74) is 3.12. The summed E-state index contributed by atoms with van der Waals surface area (Å²) in [6.07, 6.45) is 8.14. The normalized spacial score (nSPS) is 28.0. The van der Waals surface area contributed by atoms with Gasteiger partial charge in [0.25, 0.3) is 0 Å². The zero-order chi connectivity index (χ0) is 19.6. The summed E-state index contributed by atoms with van der Waals surface area (Å²) in [6.45, 7) is 1.82. The van der Waals surface area contributed by atoms with Gasteiger partial charge in [0.05, 0.1) is 31.0 Å². The SMILES string of the molecule is O=C(Oc1ccc(C2CCC(CC3CO3)CC2)cc1)c1ccc(CC2CO2)cc1. The number of esters is 1. The second-order valence-corrected chi connectivity index (χ2v) is 8.72. The van der Waals surface area contributed by atoms with Crippen LogP contribution in [0.1, 0.15) is 59.5 Å². The van der Waals surface area contributed by atoms with Crippen LogP contribution < -0.4 is 4.74 Å². The van der Waals surface area contributed by atoms with Crippen molar-refractivity contribution in [2.75, 3.05) is 13.2 Å². The van der Waals surface area contributed by atoms with Crippen molar-refractivity contribution in [2.24, 2.45) is 5.92 Å². The molecule has 2 heterocycles. The highest BCUT2D eigenvalue weighted by molar-refractivity contribution is 5.91. The first kappa shape index (κ1) is 18.8. The van der Waals surface area contributed by atoms with Gasteiger partial charge >= 0.3 is 5.97 Å². The molecule has 2 aromatic rings. The van der Waals surface area contributed by atoms with Crippen LogP contribution >= 0.6 is 0 Å². The average Bonchev–Trinajstić information content (AvgIpc) is 3.67. The van der Waals surface area contributed by atoms with Crippen molar-refractivity contribution in [3.05, 3.63) is 65.2 Å². The molecule has 4 heteroatoms. The predicted molar refractivity (Wildman–Crippen MR) is 110 cm³/mol. The number of hydrogen-bond donors (Lipinski definition) is 0. The Morgan fingerprint density at radius 3 is 2.14 bits per heavy atom. The quantitative estimate of drug-likeness (QED) is 0.382. The molecule has 1 saturated carbocycles. The van der Waals surface area contributed by atoms with Gasteiger partial charge in [-0.2, -0.15) is 0 Å². The fraction of sp³-hybridized carbons (Fsp3) is 0.480. The first-order chi connectivity index (χ1) is 14.2. The molecule has 0 N–H and O–H groups in total. The van der Waals surface area contributed by atoms with Crippen molar-refractivity contribution in [3.63, 3.8) is 0 Å². The largest absolute Gasteiger partial charge is 0.423 e. The van der Waals surface area contributed by atoms with E-state index in [9.17, 15) is 4.79 Å². The molecule has 152 valence electrons. The van der Waals surface area contributed by atoms with E-state index in [0.717, 1.165) is 25.6 Å². The van der Waals surface area contributed by atoms with Crippen LogP contribution in [-0.4, -0.2) is 31.4 Å². The minimum atomic E-state index is -0.310. The Bertz CT molecular complexity index is 826. The van der Waals surface area contributed by atoms with Crippen LogP contribution in [0.15, 0.2) is 48.5 Å². The van der Waals surface area contributed by atoms with Gasteiger partial charge in [-0.05, 0) is 79.3 Å². The minimum Gasteiger partial charge on any atom is -0.423 e. The van der Waals surface area contributed by atoms with E-state index >= 15 is 0 Å². The highest BCUT2D eigenvalue weighted by Gasteiger charge is 2.30. The Kier molecular flexibility index (Phi) is 5.38. The molecule has 4 nitrogen and oxygen atoms in total. The van der Waals surface area contributed by atoms with E-state index in [2.05, 4.69) is 12.1 Å². The maximum Gasteiger partial charge on any atom is 0.343 e. The summed E-state index contributed by atoms with van der Waals surface area (Å²) in [4.78, 5) is 12.4. The Labute approximate surface area is 172 Å². The van der Waals surface area contributed by atoms with Crippen LogP contribution in [0, 0.1) is 5.92 Å². The molecule has 2 saturated heterocycles. The van der Waals surface area contributed by atoms with E-state index in [1.54, 1.807) is 0 Å². The van der Waals surface area contributed by atoms with Gasteiger partial charge < -0.3 is 14.2 Å². The molecule has 5 rings (SSSR count). The summed E-state index contributed by atoms with van der Waals surface area (Å²) >= 11 is 0. The maximum absolute atomic E-state index is 12.4. The van der Waals surface area contributed by atoms with Crippen molar-refractivity contribution >= 4 is 5.97 Å². The van der Waals surface area contributed by atoms with Crippen LogP contribution in [0.25, 0.3) is 0 Å². The van der Waals surface area contributed by atoms with Crippen molar-refractivity contribution in [1.29, 1.82) is 0 Å². The third kappa shape index (κ3) is 5.06. The van der Waals surface area contributed by atoms with E-state index in [1.807, 2.05) is 36.4 Å². The summed E-state index contributed by atoms with van der Waals surface area (Å²) in [7, 11) is 0. The predicted octanol–water partition coefficient (Wildman–Crippen LogP) is 4.91. The van der Waals surface area contributed by atoms with Crippen molar-refractivity contribution in [1.82, 2.24) is 0 Å². The third-order valence-corrected chi connectivity index (χ3v) is 6.46. The van der Waals surface area contributed by atoms with Gasteiger partial charge in [-0.3, -0.25) is 0 Å². The monoisotopic (exact) mass is 392 g/mol. The smallest absolute Gasteiger partial charge is 0.343 e. The van der Waals surface area contributed by atoms with Gasteiger partial charge in [0, 0.05) is 6.42 Å². The van der Waals surface area contributed by atoms with Crippen LogP contribution in [-0.2, 0) is 15.9 Å². The van der Waals surface area contributed by atoms with Crippen LogP contribution in [0.4, 0.5) is 0 Å². The summed E-state index contributed by atoms with van der Waals surface area (Å²) in [5, 5.41) is 0. The average molecular weight is 392 g/mol. The van der Waals surface area contributed by atoms with E-state index in [0.29, 0.717) is 29.4 Å². The second-order valence-electron chi connectivity index (χ2n) is 8.72. The summed E-state index contributed by atoms with van der Waals surface area (Å²) < 4.78 is 16.2. The molecule has 2 atom stereocenters. The lowest BCUT2D eigenvalue weighted by atomic mass is 9.77. The maximum atomic E-state index is 12.4. The number of ether oxygens (including phenoxy) is 3. The third-order valence-electron chi connectivity index (χ3n) is 6.46. The molecular formula is C25H28O4. The van der Waals surface area contributed by atoms with Crippen LogP contribution in [0.5, 0.6) is 5.75 Å². The van der Waals surface area contributed by atoms with Gasteiger partial charge in [0.15, 0.2) is 0 Å². The van der Waals surface area contributed by atoms with Gasteiger partial charge in [-0.25, -0.2) is 4.79 Å². The lowest BCUT2D eigenvalue weighted by Gasteiger charge is -2.28. The molecule has 1 aliphatic carbocycles. The fourth-order valence-corrected chi connectivity index (χ4v) is 4.51. The van der Waals surface area contributed by atoms with Crippen LogP contribution in [0.3, 0.4) is 0 Å². The summed E-state index contributed by atoms with van der Waals surface area (Å²) in [6, 6.07) is 15.7. The molecule has 0 radical (unpaired) electrons. The standard InChI is InChI=1S/C25H28O4/c26-25(21-7-3-18(4-8-21)14-24-16-28-24)29-22-11-9-20(10-12-22)19-5-1-17(2-6-19)13-23-15-27-23/h3-4,7-12,17,19,23-24H,1-2,5-6,13-16H2. The minimum absolute atomic E-state index is 0.310. The Morgan fingerprint density at radius 2 is 1.52 bits per heavy atom. The number of carbonyl (C=O) groups excluding carboxylic acids is 1. The van der Waals surface area contributed by atoms with E-state index < -0.39 is 0 Å². The molecular weight excluding hydrogens is 364 g/mol. The first-order valence-electron chi connectivity index (χ1n) is 10.9. The van der Waals surface area contributed by atoms with Crippen molar-refractivity contribution < 1.29 is 19.0 Å². The molecule has 2 aliphatic heterocycles. The number of hydrogen-bond acceptors (Lipinski definition) is 4. The zero-order valence-electron chi connectivity index (χ0n) is 16.7.